The molecule has 0 radical (unpaired) electrons. The summed E-state index contributed by atoms with van der Waals surface area (Å²) in [4.78, 5) is 14.3. The Labute approximate surface area is 195 Å². The van der Waals surface area contributed by atoms with E-state index >= 15 is 0 Å². The van der Waals surface area contributed by atoms with Gasteiger partial charge in [-0.05, 0) is 56.8 Å². The normalized spacial score (nSPS) is 23.3. The summed E-state index contributed by atoms with van der Waals surface area (Å²) >= 11 is 0. The summed E-state index contributed by atoms with van der Waals surface area (Å²) in [6, 6.07) is 0.640. The van der Waals surface area contributed by atoms with Crippen LogP contribution in [-0.2, 0) is 6.42 Å². The maximum Gasteiger partial charge on any atom is 0.151 e. The smallest absolute Gasteiger partial charge is 0.151 e. The summed E-state index contributed by atoms with van der Waals surface area (Å²) in [5.41, 5.74) is 10.8. The molecule has 0 spiro atoms. The van der Waals surface area contributed by atoms with Crippen LogP contribution in [0.15, 0.2) is 18.6 Å². The fourth-order valence-corrected chi connectivity index (χ4v) is 5.27. The van der Waals surface area contributed by atoms with E-state index in [0.717, 1.165) is 66.7 Å². The van der Waals surface area contributed by atoms with Gasteiger partial charge >= 0.3 is 0 Å². The molecule has 2 aliphatic rings. The lowest BCUT2D eigenvalue weighted by molar-refractivity contribution is 0.182. The number of anilines is 2. The number of pyridine rings is 1. The third-order valence-corrected chi connectivity index (χ3v) is 7.47. The predicted octanol–water partition coefficient (Wildman–Crippen LogP) is 4.50. The highest BCUT2D eigenvalue weighted by atomic mass is 16.3. The molecule has 0 bridgehead atoms. The molecule has 2 fully saturated rings. The number of aryl methyl sites for hydroxylation is 1. The number of aromatic nitrogens is 5. The first-order valence-electron chi connectivity index (χ1n) is 12.3. The van der Waals surface area contributed by atoms with E-state index in [1.54, 1.807) is 6.20 Å². The molecule has 33 heavy (non-hydrogen) atoms. The third-order valence-electron chi connectivity index (χ3n) is 7.47. The highest BCUT2D eigenvalue weighted by Crippen LogP contribution is 2.40. The molecule has 0 saturated heterocycles. The quantitative estimate of drug-likeness (QED) is 0.525. The Morgan fingerprint density at radius 1 is 1.12 bits per heavy atom. The van der Waals surface area contributed by atoms with Gasteiger partial charge in [-0.25, -0.2) is 15.0 Å². The zero-order valence-electron chi connectivity index (χ0n) is 19.9. The molecule has 2 atom stereocenters. The fraction of sp³-hybridized carbons (Fsp3) is 0.600. The first kappa shape index (κ1) is 22.1. The van der Waals surface area contributed by atoms with Gasteiger partial charge in [-0.2, -0.15) is 5.10 Å². The molecule has 0 amide bonds. The van der Waals surface area contributed by atoms with Crippen LogP contribution in [0.1, 0.15) is 77.5 Å². The van der Waals surface area contributed by atoms with Crippen LogP contribution < -0.4 is 11.1 Å². The van der Waals surface area contributed by atoms with Crippen LogP contribution in [0, 0.1) is 5.41 Å². The first-order valence-corrected chi connectivity index (χ1v) is 12.3. The minimum absolute atomic E-state index is 0.206. The van der Waals surface area contributed by atoms with Gasteiger partial charge in [0.1, 0.15) is 16.9 Å². The van der Waals surface area contributed by atoms with E-state index in [9.17, 15) is 5.11 Å². The van der Waals surface area contributed by atoms with E-state index in [1.165, 1.54) is 12.8 Å². The van der Waals surface area contributed by atoms with Crippen LogP contribution in [0.4, 0.5) is 11.6 Å². The topological polar surface area (TPSA) is 115 Å². The SMILES string of the molecule is CCc1nc2c(N)ncc(-c3cnn(C4CCC(C)(C)CC4)c3)c2nc1N[C@@H]1CC[C@H](O)C1. The summed E-state index contributed by atoms with van der Waals surface area (Å²) in [6.45, 7) is 6.77. The van der Waals surface area contributed by atoms with Crippen molar-refractivity contribution in [3.8, 4) is 11.1 Å². The van der Waals surface area contributed by atoms with E-state index in [-0.39, 0.29) is 12.1 Å². The molecule has 3 aromatic rings. The van der Waals surface area contributed by atoms with Gasteiger partial charge in [0, 0.05) is 29.6 Å². The minimum Gasteiger partial charge on any atom is -0.393 e. The van der Waals surface area contributed by atoms with Gasteiger partial charge in [0.05, 0.1) is 24.0 Å². The van der Waals surface area contributed by atoms with Crippen molar-refractivity contribution < 1.29 is 5.11 Å². The maximum absolute atomic E-state index is 9.93. The molecule has 0 aromatic carbocycles. The Morgan fingerprint density at radius 2 is 1.91 bits per heavy atom. The number of aliphatic hydroxyl groups is 1. The number of rotatable bonds is 5. The first-order chi connectivity index (χ1) is 15.8. The highest BCUT2D eigenvalue weighted by molar-refractivity contribution is 5.96. The summed E-state index contributed by atoms with van der Waals surface area (Å²) in [5, 5.41) is 18.2. The van der Waals surface area contributed by atoms with Crippen LogP contribution in [0.25, 0.3) is 22.2 Å². The molecule has 2 aliphatic carbocycles. The number of nitrogen functional groups attached to an aromatic ring is 1. The summed E-state index contributed by atoms with van der Waals surface area (Å²) in [6.07, 6.45) is 13.5. The zero-order valence-corrected chi connectivity index (χ0v) is 19.9. The van der Waals surface area contributed by atoms with Crippen molar-refractivity contribution in [2.45, 2.75) is 90.3 Å². The van der Waals surface area contributed by atoms with Crippen LogP contribution in [-0.4, -0.2) is 42.0 Å². The van der Waals surface area contributed by atoms with Gasteiger partial charge in [-0.15, -0.1) is 0 Å². The lowest BCUT2D eigenvalue weighted by Gasteiger charge is -2.34. The maximum atomic E-state index is 9.93. The van der Waals surface area contributed by atoms with Crippen LogP contribution in [0.3, 0.4) is 0 Å². The molecule has 0 unspecified atom stereocenters. The van der Waals surface area contributed by atoms with Crippen molar-refractivity contribution in [3.05, 3.63) is 24.3 Å². The van der Waals surface area contributed by atoms with Crippen molar-refractivity contribution >= 4 is 22.7 Å². The van der Waals surface area contributed by atoms with E-state index in [0.29, 0.717) is 22.8 Å². The number of nitrogens with one attached hydrogen (secondary N) is 1. The predicted molar refractivity (Wildman–Crippen MR) is 131 cm³/mol. The lowest BCUT2D eigenvalue weighted by atomic mass is 9.76. The summed E-state index contributed by atoms with van der Waals surface area (Å²) < 4.78 is 2.11. The molecule has 3 aromatic heterocycles. The highest BCUT2D eigenvalue weighted by Gasteiger charge is 2.28. The molecule has 3 heterocycles. The number of nitrogens with two attached hydrogens (primary N) is 1. The van der Waals surface area contributed by atoms with Crippen molar-refractivity contribution in [3.63, 3.8) is 0 Å². The molecule has 176 valence electrons. The van der Waals surface area contributed by atoms with Crippen LogP contribution in [0.2, 0.25) is 0 Å². The third kappa shape index (κ3) is 4.40. The number of aliphatic hydroxyl groups excluding tert-OH is 1. The van der Waals surface area contributed by atoms with Crippen molar-refractivity contribution in [1.29, 1.82) is 0 Å². The number of nitrogens with zero attached hydrogens (tertiary/aromatic N) is 5. The molecule has 2 saturated carbocycles. The van der Waals surface area contributed by atoms with E-state index in [1.807, 2.05) is 6.20 Å². The van der Waals surface area contributed by atoms with Gasteiger partial charge in [0.25, 0.3) is 0 Å². The van der Waals surface area contributed by atoms with E-state index in [2.05, 4.69) is 42.0 Å². The van der Waals surface area contributed by atoms with Crippen LogP contribution in [0.5, 0.6) is 0 Å². The number of fused-ring (bicyclic) bond motifs is 1. The van der Waals surface area contributed by atoms with Crippen molar-refractivity contribution in [2.24, 2.45) is 5.41 Å². The van der Waals surface area contributed by atoms with Gasteiger partial charge in [-0.1, -0.05) is 20.8 Å². The average Bonchev–Trinajstić information content (AvgIpc) is 3.43. The molecule has 8 nitrogen and oxygen atoms in total. The van der Waals surface area contributed by atoms with Crippen molar-refractivity contribution in [1.82, 2.24) is 24.7 Å². The Morgan fingerprint density at radius 3 is 2.61 bits per heavy atom. The monoisotopic (exact) mass is 449 g/mol. The summed E-state index contributed by atoms with van der Waals surface area (Å²) in [7, 11) is 0. The van der Waals surface area contributed by atoms with E-state index in [4.69, 9.17) is 20.8 Å². The molecule has 0 aliphatic heterocycles. The number of hydrogen-bond donors (Lipinski definition) is 3. The molecular weight excluding hydrogens is 414 g/mol. The molecule has 4 N–H and O–H groups in total. The summed E-state index contributed by atoms with van der Waals surface area (Å²) in [5.74, 6) is 1.17. The number of hydrogen-bond acceptors (Lipinski definition) is 7. The van der Waals surface area contributed by atoms with Crippen LogP contribution >= 0.6 is 0 Å². The Bertz CT molecular complexity index is 1150. The minimum atomic E-state index is -0.243. The van der Waals surface area contributed by atoms with Gasteiger partial charge in [-0.3, -0.25) is 4.68 Å². The lowest BCUT2D eigenvalue weighted by Crippen LogP contribution is -2.23. The van der Waals surface area contributed by atoms with Gasteiger partial charge in [0.15, 0.2) is 5.82 Å². The standard InChI is InChI=1S/C25H35N7O/c1-4-20-24(29-16-5-6-18(33)11-16)31-21-19(13-27-23(26)22(21)30-20)15-12-28-32(14-15)17-7-9-25(2,3)10-8-17/h12-14,16-18,33H,4-11H2,1-3H3,(H2,26,27)(H,29,31)/t16-,18+/m1/s1. The second kappa shape index (κ2) is 8.56. The Hall–Kier alpha value is -2.74. The Kier molecular flexibility index (Phi) is 5.72. The van der Waals surface area contributed by atoms with Gasteiger partial charge in [0.2, 0.25) is 0 Å². The van der Waals surface area contributed by atoms with E-state index < -0.39 is 0 Å². The van der Waals surface area contributed by atoms with Crippen molar-refractivity contribution in [2.75, 3.05) is 11.1 Å². The average molecular weight is 450 g/mol. The molecular formula is C25H35N7O. The Balaban J connectivity index is 1.50. The molecule has 8 heteroatoms. The largest absolute Gasteiger partial charge is 0.393 e. The second-order valence-corrected chi connectivity index (χ2v) is 10.5. The second-order valence-electron chi connectivity index (χ2n) is 10.5. The molecule has 5 rings (SSSR count). The zero-order chi connectivity index (χ0) is 23.2. The fourth-order valence-electron chi connectivity index (χ4n) is 5.27. The van der Waals surface area contributed by atoms with Gasteiger partial charge < -0.3 is 16.2 Å².